The number of para-hydroxylation sites is 1. The molecule has 0 bridgehead atoms. The van der Waals surface area contributed by atoms with Crippen molar-refractivity contribution in [2.75, 3.05) is 26.2 Å². The average Bonchev–Trinajstić information content (AvgIpc) is 3.26. The molecule has 0 aliphatic carbocycles. The van der Waals surface area contributed by atoms with E-state index in [2.05, 4.69) is 15.6 Å². The Morgan fingerprint density at radius 1 is 1.06 bits per heavy atom. The molecule has 1 saturated heterocycles. The van der Waals surface area contributed by atoms with Crippen LogP contribution in [0.15, 0.2) is 60.8 Å². The first kappa shape index (κ1) is 23.4. The maximum Gasteiger partial charge on any atom is 0.317 e. The highest BCUT2D eigenvalue weighted by Gasteiger charge is 2.33. The average molecular weight is 462 g/mol. The standard InChI is InChI=1S/C26H31N5O3/c1-3-27-26(34)31-14-13-30(17-18(31)2)25(33)23(29-24(32)19-9-5-4-6-10-19)15-20-16-28-22-12-8-7-11-21(20)22/h4-12,16,18,23,28H,3,13-15,17H2,1-2H3,(H,27,34)(H,29,32). The molecule has 2 unspecified atom stereocenters. The van der Waals surface area contributed by atoms with Crippen molar-refractivity contribution in [3.8, 4) is 0 Å². The lowest BCUT2D eigenvalue weighted by atomic mass is 10.0. The number of fused-ring (bicyclic) bond motifs is 1. The number of nitrogens with one attached hydrogen (secondary N) is 3. The molecular weight excluding hydrogens is 430 g/mol. The van der Waals surface area contributed by atoms with Crippen molar-refractivity contribution >= 4 is 28.7 Å². The van der Waals surface area contributed by atoms with Crippen LogP contribution in [0.2, 0.25) is 0 Å². The van der Waals surface area contributed by atoms with Crippen molar-refractivity contribution in [2.45, 2.75) is 32.4 Å². The number of nitrogens with zero attached hydrogens (tertiary/aromatic N) is 2. The zero-order chi connectivity index (χ0) is 24.1. The first-order chi connectivity index (χ1) is 16.5. The summed E-state index contributed by atoms with van der Waals surface area (Å²) in [5.41, 5.74) is 2.47. The Morgan fingerprint density at radius 3 is 2.53 bits per heavy atom. The first-order valence-electron chi connectivity index (χ1n) is 11.7. The predicted octanol–water partition coefficient (Wildman–Crippen LogP) is 2.77. The number of urea groups is 1. The number of rotatable bonds is 6. The van der Waals surface area contributed by atoms with Crippen LogP contribution in [-0.2, 0) is 11.2 Å². The van der Waals surface area contributed by atoms with Crippen LogP contribution in [0.5, 0.6) is 0 Å². The minimum absolute atomic E-state index is 0.116. The van der Waals surface area contributed by atoms with Crippen molar-refractivity contribution < 1.29 is 14.4 Å². The molecule has 2 atom stereocenters. The lowest BCUT2D eigenvalue weighted by molar-refractivity contribution is -0.135. The molecule has 0 spiro atoms. The number of hydrogen-bond acceptors (Lipinski definition) is 3. The fourth-order valence-electron chi connectivity index (χ4n) is 4.48. The quantitative estimate of drug-likeness (QED) is 0.527. The van der Waals surface area contributed by atoms with Gasteiger partial charge in [-0.05, 0) is 37.6 Å². The third-order valence-electron chi connectivity index (χ3n) is 6.27. The fraction of sp³-hybridized carbons (Fsp3) is 0.346. The van der Waals surface area contributed by atoms with E-state index < -0.39 is 6.04 Å². The van der Waals surface area contributed by atoms with E-state index in [0.29, 0.717) is 38.2 Å². The number of aromatic nitrogens is 1. The van der Waals surface area contributed by atoms with Crippen LogP contribution in [0.4, 0.5) is 4.79 Å². The highest BCUT2D eigenvalue weighted by atomic mass is 16.2. The van der Waals surface area contributed by atoms with Crippen LogP contribution in [0.25, 0.3) is 10.9 Å². The smallest absolute Gasteiger partial charge is 0.317 e. The largest absolute Gasteiger partial charge is 0.361 e. The lowest BCUT2D eigenvalue weighted by Gasteiger charge is -2.40. The Balaban J connectivity index is 1.54. The Labute approximate surface area is 199 Å². The molecule has 1 fully saturated rings. The van der Waals surface area contributed by atoms with E-state index in [9.17, 15) is 14.4 Å². The molecule has 0 radical (unpaired) electrons. The number of piperazine rings is 1. The molecule has 2 aromatic carbocycles. The molecular formula is C26H31N5O3. The van der Waals surface area contributed by atoms with Crippen LogP contribution >= 0.6 is 0 Å². The molecule has 0 saturated carbocycles. The highest BCUT2D eigenvalue weighted by molar-refractivity contribution is 5.98. The van der Waals surface area contributed by atoms with Gasteiger partial charge in [0, 0.05) is 61.3 Å². The number of aromatic amines is 1. The molecule has 8 heteroatoms. The Morgan fingerprint density at radius 2 is 1.79 bits per heavy atom. The monoisotopic (exact) mass is 461 g/mol. The van der Waals surface area contributed by atoms with Crippen LogP contribution in [0, 0.1) is 0 Å². The fourth-order valence-corrected chi connectivity index (χ4v) is 4.48. The molecule has 8 nitrogen and oxygen atoms in total. The number of benzene rings is 2. The summed E-state index contributed by atoms with van der Waals surface area (Å²) in [6, 6.07) is 15.9. The van der Waals surface area contributed by atoms with Gasteiger partial charge in [-0.15, -0.1) is 0 Å². The SMILES string of the molecule is CCNC(=O)N1CCN(C(=O)C(Cc2c[nH]c3ccccc23)NC(=O)c2ccccc2)CC1C. The normalized spacial score (nSPS) is 16.8. The van der Waals surface area contributed by atoms with Gasteiger partial charge in [-0.25, -0.2) is 4.79 Å². The van der Waals surface area contributed by atoms with Gasteiger partial charge in [0.05, 0.1) is 0 Å². The summed E-state index contributed by atoms with van der Waals surface area (Å²) in [5.74, 6) is -0.426. The van der Waals surface area contributed by atoms with E-state index in [0.717, 1.165) is 16.5 Å². The van der Waals surface area contributed by atoms with Gasteiger partial charge < -0.3 is 25.4 Å². The van der Waals surface area contributed by atoms with Gasteiger partial charge in [-0.2, -0.15) is 0 Å². The maximum atomic E-state index is 13.7. The molecule has 1 aliphatic rings. The molecule has 3 aromatic rings. The summed E-state index contributed by atoms with van der Waals surface area (Å²) in [5, 5.41) is 6.82. The maximum absolute atomic E-state index is 13.7. The summed E-state index contributed by atoms with van der Waals surface area (Å²) >= 11 is 0. The number of H-pyrrole nitrogens is 1. The minimum Gasteiger partial charge on any atom is -0.361 e. The third-order valence-corrected chi connectivity index (χ3v) is 6.27. The molecule has 1 aliphatic heterocycles. The zero-order valence-electron chi connectivity index (χ0n) is 19.6. The van der Waals surface area contributed by atoms with E-state index in [1.165, 1.54) is 0 Å². The van der Waals surface area contributed by atoms with Crippen molar-refractivity contribution in [1.29, 1.82) is 0 Å². The van der Waals surface area contributed by atoms with E-state index in [1.54, 1.807) is 34.1 Å². The Bertz CT molecular complexity index is 1160. The Kier molecular flexibility index (Phi) is 7.15. The first-order valence-corrected chi connectivity index (χ1v) is 11.7. The number of carbonyl (C=O) groups is 3. The van der Waals surface area contributed by atoms with Crippen molar-refractivity contribution in [3.05, 3.63) is 71.9 Å². The molecule has 4 rings (SSSR count). The summed E-state index contributed by atoms with van der Waals surface area (Å²) in [4.78, 5) is 45.7. The van der Waals surface area contributed by atoms with Crippen LogP contribution in [0.1, 0.15) is 29.8 Å². The molecule has 34 heavy (non-hydrogen) atoms. The molecule has 1 aromatic heterocycles. The van der Waals surface area contributed by atoms with Crippen LogP contribution in [-0.4, -0.2) is 70.9 Å². The predicted molar refractivity (Wildman–Crippen MR) is 132 cm³/mol. The van der Waals surface area contributed by atoms with Crippen molar-refractivity contribution in [3.63, 3.8) is 0 Å². The number of carbonyl (C=O) groups excluding carboxylic acids is 3. The second-order valence-electron chi connectivity index (χ2n) is 8.62. The van der Waals surface area contributed by atoms with Crippen molar-refractivity contribution in [2.24, 2.45) is 0 Å². The minimum atomic E-state index is -0.727. The van der Waals surface area contributed by atoms with Gasteiger partial charge in [-0.3, -0.25) is 9.59 Å². The summed E-state index contributed by atoms with van der Waals surface area (Å²) in [7, 11) is 0. The van der Waals surface area contributed by atoms with Gasteiger partial charge in [-0.1, -0.05) is 36.4 Å². The summed E-state index contributed by atoms with van der Waals surface area (Å²) in [6.45, 7) is 5.67. The van der Waals surface area contributed by atoms with Gasteiger partial charge in [0.25, 0.3) is 5.91 Å². The van der Waals surface area contributed by atoms with Crippen molar-refractivity contribution in [1.82, 2.24) is 25.4 Å². The van der Waals surface area contributed by atoms with Gasteiger partial charge in [0.1, 0.15) is 6.04 Å². The lowest BCUT2D eigenvalue weighted by Crippen LogP contribution is -2.60. The highest BCUT2D eigenvalue weighted by Crippen LogP contribution is 2.21. The Hall–Kier alpha value is -3.81. The van der Waals surface area contributed by atoms with Gasteiger partial charge in [0.2, 0.25) is 5.91 Å². The number of hydrogen-bond donors (Lipinski definition) is 3. The number of amides is 4. The molecule has 4 amide bonds. The second-order valence-corrected chi connectivity index (χ2v) is 8.62. The van der Waals surface area contributed by atoms with Crippen LogP contribution in [0.3, 0.4) is 0 Å². The molecule has 3 N–H and O–H groups in total. The second kappa shape index (κ2) is 10.4. The zero-order valence-corrected chi connectivity index (χ0v) is 19.6. The van der Waals surface area contributed by atoms with Gasteiger partial charge in [0.15, 0.2) is 0 Å². The van der Waals surface area contributed by atoms with Gasteiger partial charge >= 0.3 is 6.03 Å². The van der Waals surface area contributed by atoms with E-state index in [1.807, 2.05) is 50.4 Å². The topological polar surface area (TPSA) is 97.5 Å². The molecule has 2 heterocycles. The van der Waals surface area contributed by atoms with E-state index in [4.69, 9.17) is 0 Å². The van der Waals surface area contributed by atoms with E-state index in [-0.39, 0.29) is 23.9 Å². The third kappa shape index (κ3) is 5.06. The summed E-state index contributed by atoms with van der Waals surface area (Å²) < 4.78 is 0. The van der Waals surface area contributed by atoms with Crippen LogP contribution < -0.4 is 10.6 Å². The molecule has 178 valence electrons. The van der Waals surface area contributed by atoms with E-state index >= 15 is 0 Å². The summed E-state index contributed by atoms with van der Waals surface area (Å²) in [6.07, 6.45) is 2.27.